The highest BCUT2D eigenvalue weighted by molar-refractivity contribution is 5.92. The summed E-state index contributed by atoms with van der Waals surface area (Å²) in [7, 11) is 0. The van der Waals surface area contributed by atoms with Crippen LogP contribution in [-0.4, -0.2) is 51.4 Å². The number of amides is 1. The third-order valence-electron chi connectivity index (χ3n) is 3.32. The van der Waals surface area contributed by atoms with Gasteiger partial charge in [0.1, 0.15) is 0 Å². The molecule has 1 amide bonds. The van der Waals surface area contributed by atoms with Gasteiger partial charge in [-0.3, -0.25) is 4.79 Å². The van der Waals surface area contributed by atoms with Crippen LogP contribution in [-0.2, 0) is 13.2 Å². The molecule has 0 aliphatic heterocycles. The van der Waals surface area contributed by atoms with Crippen LogP contribution in [0, 0.1) is 16.1 Å². The number of aromatic nitrogens is 7. The van der Waals surface area contributed by atoms with Crippen LogP contribution in [0.3, 0.4) is 0 Å². The number of nitro groups is 1. The molecule has 3 heterocycles. The van der Waals surface area contributed by atoms with Crippen molar-refractivity contribution in [3.05, 3.63) is 52.1 Å². The van der Waals surface area contributed by atoms with Crippen LogP contribution in [0.2, 0.25) is 0 Å². The van der Waals surface area contributed by atoms with Crippen molar-refractivity contribution in [1.29, 1.82) is 0 Å². The maximum absolute atomic E-state index is 13.8. The van der Waals surface area contributed by atoms with E-state index in [1.54, 1.807) is 6.92 Å². The zero-order valence-corrected chi connectivity index (χ0v) is 13.9. The molecule has 0 saturated heterocycles. The first kappa shape index (κ1) is 17.8. The molecule has 1 N–H and O–H groups in total. The average molecular weight is 376 g/mol. The highest BCUT2D eigenvalue weighted by atomic mass is 19.1. The van der Waals surface area contributed by atoms with Gasteiger partial charge in [0, 0.05) is 17.8 Å². The SMILES string of the molecule is CCn1ncc(/C=N/NC(=O)c2ccn(Cn3cnc([N+](=O)[O-])n3)n2)c1F. The first-order chi connectivity index (χ1) is 13.0. The predicted molar refractivity (Wildman–Crippen MR) is 87.2 cm³/mol. The van der Waals surface area contributed by atoms with E-state index >= 15 is 0 Å². The molecule has 14 heteroatoms. The van der Waals surface area contributed by atoms with Crippen molar-refractivity contribution in [3.8, 4) is 0 Å². The highest BCUT2D eigenvalue weighted by Gasteiger charge is 2.14. The molecule has 140 valence electrons. The standard InChI is InChI=1S/C13H13FN10O3/c1-2-23-11(14)9(6-17-23)5-16-18-12(25)10-3-4-21(19-10)8-22-7-15-13(20-22)24(26)27/h3-7H,2,8H2,1H3,(H,18,25)/b16-5+. The van der Waals surface area contributed by atoms with Crippen LogP contribution in [0.5, 0.6) is 0 Å². The molecule has 3 aromatic heterocycles. The molecule has 0 aromatic carbocycles. The van der Waals surface area contributed by atoms with Gasteiger partial charge in [0.05, 0.1) is 18.0 Å². The predicted octanol–water partition coefficient (Wildman–Crippen LogP) is 0.00800. The van der Waals surface area contributed by atoms with E-state index in [2.05, 4.69) is 30.8 Å². The summed E-state index contributed by atoms with van der Waals surface area (Å²) in [4.78, 5) is 25.3. The number of hydrogen-bond donors (Lipinski definition) is 1. The number of rotatable bonds is 7. The average Bonchev–Trinajstić information content (AvgIpc) is 3.36. The van der Waals surface area contributed by atoms with Crippen molar-refractivity contribution < 1.29 is 14.1 Å². The van der Waals surface area contributed by atoms with Crippen LogP contribution < -0.4 is 5.43 Å². The number of carbonyl (C=O) groups is 1. The monoisotopic (exact) mass is 376 g/mol. The summed E-state index contributed by atoms with van der Waals surface area (Å²) in [5.41, 5.74) is 2.41. The molecule has 3 aromatic rings. The molecule has 27 heavy (non-hydrogen) atoms. The zero-order valence-electron chi connectivity index (χ0n) is 13.9. The number of hydrogen-bond acceptors (Lipinski definition) is 8. The van der Waals surface area contributed by atoms with Gasteiger partial charge in [0.25, 0.3) is 5.91 Å². The molecule has 0 spiro atoms. The summed E-state index contributed by atoms with van der Waals surface area (Å²) in [6.45, 7) is 2.14. The summed E-state index contributed by atoms with van der Waals surface area (Å²) in [6, 6.07) is 1.42. The molecular formula is C13H13FN10O3. The minimum absolute atomic E-state index is 0.0266. The van der Waals surface area contributed by atoms with E-state index in [1.807, 2.05) is 0 Å². The summed E-state index contributed by atoms with van der Waals surface area (Å²) in [5, 5.41) is 25.7. The van der Waals surface area contributed by atoms with Gasteiger partial charge in [-0.05, 0) is 17.9 Å². The second kappa shape index (κ2) is 7.51. The Morgan fingerprint density at radius 3 is 2.93 bits per heavy atom. The van der Waals surface area contributed by atoms with Crippen LogP contribution in [0.15, 0.2) is 29.9 Å². The minimum atomic E-state index is -0.719. The van der Waals surface area contributed by atoms with Crippen molar-refractivity contribution in [2.45, 2.75) is 20.1 Å². The van der Waals surface area contributed by atoms with Crippen molar-refractivity contribution in [3.63, 3.8) is 0 Å². The Labute approximate surface area is 150 Å². The van der Waals surface area contributed by atoms with Gasteiger partial charge in [0.15, 0.2) is 12.4 Å². The Hall–Kier alpha value is -3.97. The molecule has 0 unspecified atom stereocenters. The quantitative estimate of drug-likeness (QED) is 0.346. The number of nitrogens with zero attached hydrogens (tertiary/aromatic N) is 9. The lowest BCUT2D eigenvalue weighted by Crippen LogP contribution is -2.19. The smallest absolute Gasteiger partial charge is 0.390 e. The molecule has 13 nitrogen and oxygen atoms in total. The summed E-state index contributed by atoms with van der Waals surface area (Å²) in [5.74, 6) is -1.70. The van der Waals surface area contributed by atoms with Gasteiger partial charge in [-0.15, -0.1) is 0 Å². The van der Waals surface area contributed by atoms with Gasteiger partial charge < -0.3 is 10.1 Å². The molecule has 0 aliphatic rings. The maximum atomic E-state index is 13.8. The minimum Gasteiger partial charge on any atom is -0.390 e. The van der Waals surface area contributed by atoms with Gasteiger partial charge in [-0.25, -0.2) is 14.8 Å². The zero-order chi connectivity index (χ0) is 19.4. The third kappa shape index (κ3) is 4.00. The lowest BCUT2D eigenvalue weighted by molar-refractivity contribution is -0.394. The molecule has 0 saturated carbocycles. The summed E-state index contributed by atoms with van der Waals surface area (Å²) >= 11 is 0. The maximum Gasteiger partial charge on any atom is 0.491 e. The fourth-order valence-corrected chi connectivity index (χ4v) is 2.06. The second-order valence-corrected chi connectivity index (χ2v) is 5.13. The van der Waals surface area contributed by atoms with E-state index in [-0.39, 0.29) is 17.9 Å². The lowest BCUT2D eigenvalue weighted by Gasteiger charge is -1.98. The largest absolute Gasteiger partial charge is 0.491 e. The first-order valence-electron chi connectivity index (χ1n) is 7.60. The Balaban J connectivity index is 1.60. The van der Waals surface area contributed by atoms with E-state index in [0.717, 1.165) is 10.9 Å². The summed E-state index contributed by atoms with van der Waals surface area (Å²) in [6.07, 6.45) is 5.09. The van der Waals surface area contributed by atoms with E-state index in [0.29, 0.717) is 6.54 Å². The van der Waals surface area contributed by atoms with E-state index in [4.69, 9.17) is 0 Å². The topological polar surface area (TPSA) is 151 Å². The molecule has 0 aliphatic carbocycles. The van der Waals surface area contributed by atoms with Gasteiger partial charge >= 0.3 is 5.95 Å². The molecule has 0 bridgehead atoms. The first-order valence-corrected chi connectivity index (χ1v) is 7.60. The summed E-state index contributed by atoms with van der Waals surface area (Å²) < 4.78 is 17.4. The Bertz CT molecular complexity index is 1000. The van der Waals surface area contributed by atoms with Crippen LogP contribution in [0.1, 0.15) is 23.0 Å². The Morgan fingerprint density at radius 1 is 1.44 bits per heavy atom. The van der Waals surface area contributed by atoms with Crippen molar-refractivity contribution in [2.24, 2.45) is 5.10 Å². The van der Waals surface area contributed by atoms with Crippen molar-refractivity contribution in [2.75, 3.05) is 0 Å². The highest BCUT2D eigenvalue weighted by Crippen LogP contribution is 2.04. The number of carbonyl (C=O) groups excluding carboxylic acids is 1. The normalized spacial score (nSPS) is 11.2. The molecule has 0 fully saturated rings. The van der Waals surface area contributed by atoms with Crippen molar-refractivity contribution >= 4 is 18.1 Å². The van der Waals surface area contributed by atoms with Crippen LogP contribution in [0.25, 0.3) is 0 Å². The third-order valence-corrected chi connectivity index (χ3v) is 3.32. The van der Waals surface area contributed by atoms with Gasteiger partial charge in [-0.1, -0.05) is 4.98 Å². The second-order valence-electron chi connectivity index (χ2n) is 5.13. The van der Waals surface area contributed by atoms with E-state index in [9.17, 15) is 19.3 Å². The van der Waals surface area contributed by atoms with E-state index in [1.165, 1.54) is 34.2 Å². The number of nitrogens with one attached hydrogen (secondary N) is 1. The number of hydrazone groups is 1. The molecule has 0 atom stereocenters. The van der Waals surface area contributed by atoms with Gasteiger partial charge in [0.2, 0.25) is 12.3 Å². The molecule has 3 rings (SSSR count). The number of aryl methyl sites for hydroxylation is 1. The molecular weight excluding hydrogens is 363 g/mol. The van der Waals surface area contributed by atoms with Crippen LogP contribution in [0.4, 0.5) is 10.3 Å². The van der Waals surface area contributed by atoms with Crippen LogP contribution >= 0.6 is 0 Å². The fraction of sp³-hybridized carbons (Fsp3) is 0.231. The number of halogens is 1. The Morgan fingerprint density at radius 2 is 2.26 bits per heavy atom. The Kier molecular flexibility index (Phi) is 4.96. The van der Waals surface area contributed by atoms with E-state index < -0.39 is 22.7 Å². The fourth-order valence-electron chi connectivity index (χ4n) is 2.06. The lowest BCUT2D eigenvalue weighted by atomic mass is 10.4. The van der Waals surface area contributed by atoms with Crippen molar-refractivity contribution in [1.82, 2.24) is 39.8 Å². The molecule has 0 radical (unpaired) electrons. The van der Waals surface area contributed by atoms with Gasteiger partial charge in [-0.2, -0.15) is 24.4 Å².